The molecule has 0 saturated carbocycles. The standard InChI is InChI=1S/C33H28NOSi.C5H8O2.Ir/c1-22-29-20-26(31-28-16-15-27(36(2,3)4)19-25(28)17-18-34-31)21-30(23-11-7-5-8-12-23)33(29)35-32(22)24-13-9-6-10-14-24;1-4(6)3-5(2)7;/h5-19,21H,1-4H3;3,6H,1-2H3;/q-1;;/b;4-3-;. The van der Waals surface area contributed by atoms with E-state index in [1.807, 2.05) is 30.5 Å². The van der Waals surface area contributed by atoms with Crippen LogP contribution in [-0.4, -0.2) is 23.9 Å². The third-order valence-corrected chi connectivity index (χ3v) is 9.40. The van der Waals surface area contributed by atoms with E-state index in [2.05, 4.69) is 99.4 Å². The summed E-state index contributed by atoms with van der Waals surface area (Å²) in [5.41, 5.74) is 7.14. The Labute approximate surface area is 273 Å². The van der Waals surface area contributed by atoms with Crippen LogP contribution in [0.4, 0.5) is 0 Å². The van der Waals surface area contributed by atoms with Crippen LogP contribution in [0.3, 0.4) is 0 Å². The molecule has 0 aliphatic rings. The third-order valence-electron chi connectivity index (χ3n) is 7.36. The fraction of sp³-hybridized carbons (Fsp3) is 0.158. The van der Waals surface area contributed by atoms with Gasteiger partial charge in [0.1, 0.15) is 0 Å². The minimum atomic E-state index is -1.41. The van der Waals surface area contributed by atoms with Gasteiger partial charge >= 0.3 is 0 Å². The average Bonchev–Trinajstić information content (AvgIpc) is 3.32. The topological polar surface area (TPSA) is 63.3 Å². The van der Waals surface area contributed by atoms with Crippen molar-refractivity contribution in [2.75, 3.05) is 0 Å². The predicted octanol–water partition coefficient (Wildman–Crippen LogP) is 9.67. The summed E-state index contributed by atoms with van der Waals surface area (Å²) >= 11 is 0. The number of nitrogens with zero attached hydrogens (tertiary/aromatic N) is 1. The first-order valence-corrected chi connectivity index (χ1v) is 17.9. The molecular weight excluding hydrogens is 739 g/mol. The molecule has 2 heterocycles. The van der Waals surface area contributed by atoms with Crippen molar-refractivity contribution in [3.05, 3.63) is 121 Å². The SMILES string of the molecule is CC(=O)/C=C(/C)O.Cc1c(-c2ccccc2)oc2c(-c3ccccc3)cc(-c3nccc4cc([Si](C)(C)C)ccc34)[c-]c12.[Ir]. The van der Waals surface area contributed by atoms with E-state index in [1.54, 1.807) is 0 Å². The smallest absolute Gasteiger partial charge is 0.155 e. The number of aryl methyl sites for hydroxylation is 1. The van der Waals surface area contributed by atoms with Crippen molar-refractivity contribution >= 4 is 40.8 Å². The van der Waals surface area contributed by atoms with Crippen LogP contribution in [0.5, 0.6) is 0 Å². The second kappa shape index (κ2) is 13.7. The van der Waals surface area contributed by atoms with Crippen LogP contribution in [-0.2, 0) is 24.9 Å². The van der Waals surface area contributed by atoms with Crippen molar-refractivity contribution in [3.8, 4) is 33.7 Å². The maximum atomic E-state index is 10.0. The Morgan fingerprint density at radius 2 is 1.52 bits per heavy atom. The molecule has 44 heavy (non-hydrogen) atoms. The van der Waals surface area contributed by atoms with Crippen LogP contribution >= 0.6 is 0 Å². The zero-order valence-electron chi connectivity index (χ0n) is 25.9. The normalized spacial score (nSPS) is 11.5. The largest absolute Gasteiger partial charge is 0.512 e. The van der Waals surface area contributed by atoms with Crippen LogP contribution in [0, 0.1) is 13.0 Å². The van der Waals surface area contributed by atoms with Gasteiger partial charge in [-0.05, 0) is 41.8 Å². The molecule has 0 aliphatic carbocycles. The predicted molar refractivity (Wildman–Crippen MR) is 181 cm³/mol. The molecule has 0 unspecified atom stereocenters. The molecule has 4 aromatic carbocycles. The molecule has 0 spiro atoms. The quantitative estimate of drug-likeness (QED) is 0.0821. The van der Waals surface area contributed by atoms with Crippen LogP contribution in [0.1, 0.15) is 19.4 Å². The summed E-state index contributed by atoms with van der Waals surface area (Å²) in [7, 11) is -1.41. The van der Waals surface area contributed by atoms with Gasteiger partial charge in [0, 0.05) is 43.6 Å². The monoisotopic (exact) mass is 775 g/mol. The maximum Gasteiger partial charge on any atom is 0.155 e. The van der Waals surface area contributed by atoms with Crippen molar-refractivity contribution in [1.82, 2.24) is 4.98 Å². The summed E-state index contributed by atoms with van der Waals surface area (Å²) in [6.07, 6.45) is 3.09. The van der Waals surface area contributed by atoms with E-state index < -0.39 is 8.07 Å². The van der Waals surface area contributed by atoms with E-state index in [0.29, 0.717) is 0 Å². The Bertz CT molecular complexity index is 1950. The van der Waals surface area contributed by atoms with Crippen molar-refractivity contribution in [1.29, 1.82) is 0 Å². The van der Waals surface area contributed by atoms with E-state index in [-0.39, 0.29) is 31.6 Å². The zero-order valence-corrected chi connectivity index (χ0v) is 29.3. The molecule has 6 heteroatoms. The van der Waals surface area contributed by atoms with Crippen LogP contribution in [0.25, 0.3) is 55.4 Å². The van der Waals surface area contributed by atoms with Crippen molar-refractivity contribution in [2.45, 2.75) is 40.4 Å². The minimum Gasteiger partial charge on any atom is -0.512 e. The first kappa shape index (κ1) is 32.8. The first-order valence-electron chi connectivity index (χ1n) is 14.4. The number of furan rings is 1. The molecule has 0 fully saturated rings. The fourth-order valence-corrected chi connectivity index (χ4v) is 6.38. The number of allylic oxidation sites excluding steroid dienone is 2. The van der Waals surface area contributed by atoms with Crippen molar-refractivity contribution < 1.29 is 34.4 Å². The molecule has 0 atom stereocenters. The number of fused-ring (bicyclic) bond motifs is 2. The fourth-order valence-electron chi connectivity index (χ4n) is 5.21. The first-order chi connectivity index (χ1) is 20.5. The summed E-state index contributed by atoms with van der Waals surface area (Å²) in [5, 5.41) is 13.2. The molecule has 1 radical (unpaired) electrons. The van der Waals surface area contributed by atoms with E-state index in [9.17, 15) is 4.79 Å². The number of carbonyl (C=O) groups excluding carboxylic acids is 1. The number of ketones is 1. The number of pyridine rings is 1. The van der Waals surface area contributed by atoms with Gasteiger partial charge in [-0.1, -0.05) is 127 Å². The number of hydrogen-bond acceptors (Lipinski definition) is 4. The number of aliphatic hydroxyl groups is 1. The van der Waals surface area contributed by atoms with Gasteiger partial charge in [0.05, 0.1) is 25.2 Å². The van der Waals surface area contributed by atoms with Gasteiger partial charge in [-0.2, -0.15) is 0 Å². The van der Waals surface area contributed by atoms with E-state index >= 15 is 0 Å². The van der Waals surface area contributed by atoms with Crippen LogP contribution in [0.2, 0.25) is 19.6 Å². The van der Waals surface area contributed by atoms with E-state index in [1.165, 1.54) is 30.5 Å². The molecule has 0 aliphatic heterocycles. The molecule has 1 N–H and O–H groups in total. The number of aliphatic hydroxyl groups excluding tert-OH is 1. The number of aromatic nitrogens is 1. The third kappa shape index (κ3) is 7.16. The number of benzene rings is 4. The average molecular weight is 775 g/mol. The summed E-state index contributed by atoms with van der Waals surface area (Å²) in [6.45, 7) is 12.1. The number of rotatable bonds is 5. The van der Waals surface area contributed by atoms with Gasteiger partial charge in [0.2, 0.25) is 0 Å². The Hall–Kier alpha value is -4.09. The van der Waals surface area contributed by atoms with Gasteiger partial charge in [-0.15, -0.1) is 12.1 Å². The molecule has 4 nitrogen and oxygen atoms in total. The maximum absolute atomic E-state index is 10.0. The summed E-state index contributed by atoms with van der Waals surface area (Å²) in [6, 6.07) is 35.6. The Morgan fingerprint density at radius 3 is 2.09 bits per heavy atom. The van der Waals surface area contributed by atoms with Crippen molar-refractivity contribution in [2.24, 2.45) is 0 Å². The number of carbonyl (C=O) groups is 1. The van der Waals surface area contributed by atoms with Gasteiger partial charge in [-0.25, -0.2) is 0 Å². The molecule has 6 rings (SSSR count). The zero-order chi connectivity index (χ0) is 30.7. The molecule has 0 amide bonds. The Balaban J connectivity index is 0.000000497. The van der Waals surface area contributed by atoms with Gasteiger partial charge in [0.25, 0.3) is 0 Å². The molecular formula is C38H36IrNO3Si-. The van der Waals surface area contributed by atoms with Gasteiger partial charge in [0.15, 0.2) is 5.78 Å². The van der Waals surface area contributed by atoms with Crippen LogP contribution in [0.15, 0.2) is 113 Å². The van der Waals surface area contributed by atoms with Crippen LogP contribution < -0.4 is 5.19 Å². The summed E-state index contributed by atoms with van der Waals surface area (Å²) in [4.78, 5) is 14.9. The van der Waals surface area contributed by atoms with Crippen molar-refractivity contribution in [3.63, 3.8) is 0 Å². The minimum absolute atomic E-state index is 0. The van der Waals surface area contributed by atoms with E-state index in [0.717, 1.165) is 55.6 Å². The Kier molecular flexibility index (Phi) is 10.2. The number of hydrogen-bond donors (Lipinski definition) is 1. The molecule has 6 aromatic rings. The van der Waals surface area contributed by atoms with Gasteiger partial charge in [-0.3, -0.25) is 9.78 Å². The Morgan fingerprint density at radius 1 is 0.886 bits per heavy atom. The summed E-state index contributed by atoms with van der Waals surface area (Å²) < 4.78 is 6.55. The van der Waals surface area contributed by atoms with E-state index in [4.69, 9.17) is 14.5 Å². The second-order valence-corrected chi connectivity index (χ2v) is 16.9. The second-order valence-electron chi connectivity index (χ2n) is 11.8. The van der Waals surface area contributed by atoms with Gasteiger partial charge < -0.3 is 9.52 Å². The molecule has 0 saturated heterocycles. The molecule has 2 aromatic heterocycles. The molecule has 0 bridgehead atoms. The molecule has 225 valence electrons. The summed E-state index contributed by atoms with van der Waals surface area (Å²) in [5.74, 6) is 0.828.